The summed E-state index contributed by atoms with van der Waals surface area (Å²) in [4.78, 5) is 10.4. The SMILES string of the molecule is C#CCNC(=O)CC.CC.[HH]. The Morgan fingerprint density at radius 3 is 2.50 bits per heavy atom. The quantitative estimate of drug-likeness (QED) is 0.582. The van der Waals surface area contributed by atoms with Gasteiger partial charge in [-0.05, 0) is 0 Å². The number of carbonyl (C=O) groups excluding carboxylic acids is 1. The van der Waals surface area contributed by atoms with E-state index in [9.17, 15) is 4.79 Å². The van der Waals surface area contributed by atoms with E-state index in [4.69, 9.17) is 6.42 Å². The molecule has 60 valence electrons. The molecule has 0 spiro atoms. The highest BCUT2D eigenvalue weighted by atomic mass is 16.1. The van der Waals surface area contributed by atoms with Crippen LogP contribution < -0.4 is 5.32 Å². The fraction of sp³-hybridized carbons (Fsp3) is 0.625. The number of hydrogen-bond donors (Lipinski definition) is 1. The topological polar surface area (TPSA) is 29.1 Å². The van der Waals surface area contributed by atoms with E-state index in [1.165, 1.54) is 0 Å². The Bertz CT molecular complexity index is 118. The molecule has 0 atom stereocenters. The molecule has 0 fully saturated rings. The van der Waals surface area contributed by atoms with Gasteiger partial charge in [0.1, 0.15) is 0 Å². The Labute approximate surface area is 64.5 Å². The minimum Gasteiger partial charge on any atom is -0.345 e. The molecule has 0 aliphatic rings. The van der Waals surface area contributed by atoms with Crippen molar-refractivity contribution in [1.82, 2.24) is 5.32 Å². The third-order valence-electron chi connectivity index (χ3n) is 0.709. The minimum absolute atomic E-state index is 0. The molecule has 2 nitrogen and oxygen atoms in total. The van der Waals surface area contributed by atoms with E-state index < -0.39 is 0 Å². The lowest BCUT2D eigenvalue weighted by Gasteiger charge is -1.93. The minimum atomic E-state index is 0. The summed E-state index contributed by atoms with van der Waals surface area (Å²) in [6, 6.07) is 0. The van der Waals surface area contributed by atoms with E-state index in [1.807, 2.05) is 13.8 Å². The Morgan fingerprint density at radius 1 is 1.70 bits per heavy atom. The lowest BCUT2D eigenvalue weighted by molar-refractivity contribution is -0.120. The van der Waals surface area contributed by atoms with Gasteiger partial charge >= 0.3 is 0 Å². The summed E-state index contributed by atoms with van der Waals surface area (Å²) in [5, 5.41) is 2.51. The van der Waals surface area contributed by atoms with Crippen molar-refractivity contribution in [3.05, 3.63) is 0 Å². The van der Waals surface area contributed by atoms with Gasteiger partial charge in [-0.2, -0.15) is 0 Å². The van der Waals surface area contributed by atoms with Gasteiger partial charge in [-0.15, -0.1) is 6.42 Å². The second kappa shape index (κ2) is 10.9. The van der Waals surface area contributed by atoms with Crippen molar-refractivity contribution in [2.45, 2.75) is 27.2 Å². The van der Waals surface area contributed by atoms with Crippen molar-refractivity contribution in [3.63, 3.8) is 0 Å². The number of hydrogen-bond acceptors (Lipinski definition) is 1. The van der Waals surface area contributed by atoms with Crippen molar-refractivity contribution in [2.75, 3.05) is 6.54 Å². The van der Waals surface area contributed by atoms with Crippen LogP contribution in [0.25, 0.3) is 0 Å². The highest BCUT2D eigenvalue weighted by Crippen LogP contribution is 1.71. The number of terminal acetylenes is 1. The van der Waals surface area contributed by atoms with E-state index in [-0.39, 0.29) is 7.33 Å². The molecule has 10 heavy (non-hydrogen) atoms. The third kappa shape index (κ3) is 10.1. The molecule has 0 aromatic rings. The van der Waals surface area contributed by atoms with Crippen molar-refractivity contribution in [2.24, 2.45) is 0 Å². The molecule has 1 N–H and O–H groups in total. The maximum atomic E-state index is 10.4. The van der Waals surface area contributed by atoms with Gasteiger partial charge in [0.05, 0.1) is 6.54 Å². The number of nitrogens with one attached hydrogen (secondary N) is 1. The van der Waals surface area contributed by atoms with Crippen molar-refractivity contribution >= 4 is 5.91 Å². The second-order valence-corrected chi connectivity index (χ2v) is 1.33. The van der Waals surface area contributed by atoms with Gasteiger partial charge in [0.2, 0.25) is 5.91 Å². The standard InChI is InChI=1S/C6H9NO.C2H6.H2/c1-3-5-7-6(8)4-2;1-2;/h1H,4-5H2,2H3,(H,7,8);1-2H3;1H. The van der Waals surface area contributed by atoms with Crippen molar-refractivity contribution < 1.29 is 6.22 Å². The molecule has 0 aromatic heterocycles. The smallest absolute Gasteiger partial charge is 0.220 e. The molecule has 0 saturated heterocycles. The van der Waals surface area contributed by atoms with Crippen LogP contribution in [0.4, 0.5) is 0 Å². The zero-order valence-electron chi connectivity index (χ0n) is 6.90. The van der Waals surface area contributed by atoms with E-state index in [0.29, 0.717) is 13.0 Å². The fourth-order valence-corrected chi connectivity index (χ4v) is 0.275. The van der Waals surface area contributed by atoms with Crippen LogP contribution in [0.3, 0.4) is 0 Å². The predicted molar refractivity (Wildman–Crippen MR) is 45.6 cm³/mol. The summed E-state index contributed by atoms with van der Waals surface area (Å²) in [5.74, 6) is 2.30. The predicted octanol–water partition coefficient (Wildman–Crippen LogP) is 1.42. The van der Waals surface area contributed by atoms with Gasteiger partial charge in [0.15, 0.2) is 0 Å². The number of amides is 1. The molecule has 0 aliphatic carbocycles. The highest BCUT2D eigenvalue weighted by molar-refractivity contribution is 5.75. The largest absolute Gasteiger partial charge is 0.345 e. The van der Waals surface area contributed by atoms with Crippen LogP contribution in [0, 0.1) is 12.3 Å². The summed E-state index contributed by atoms with van der Waals surface area (Å²) in [6.45, 7) is 6.12. The van der Waals surface area contributed by atoms with Crippen molar-refractivity contribution in [1.29, 1.82) is 0 Å². The van der Waals surface area contributed by atoms with Gasteiger partial charge in [0, 0.05) is 7.85 Å². The normalized spacial score (nSPS) is 6.60. The molecule has 0 heterocycles. The molecule has 0 aromatic carbocycles. The van der Waals surface area contributed by atoms with Crippen LogP contribution in [0.2, 0.25) is 0 Å². The molecule has 0 unspecified atom stereocenters. The van der Waals surface area contributed by atoms with E-state index in [1.54, 1.807) is 6.92 Å². The maximum Gasteiger partial charge on any atom is 0.220 e. The van der Waals surface area contributed by atoms with Gasteiger partial charge in [-0.25, -0.2) is 0 Å². The molecule has 0 aliphatic heterocycles. The molecule has 0 bridgehead atoms. The Morgan fingerprint density at radius 2 is 2.20 bits per heavy atom. The van der Waals surface area contributed by atoms with Crippen LogP contribution in [0.1, 0.15) is 28.6 Å². The van der Waals surface area contributed by atoms with E-state index in [2.05, 4.69) is 11.2 Å². The fourth-order valence-electron chi connectivity index (χ4n) is 0.275. The van der Waals surface area contributed by atoms with Gasteiger partial charge < -0.3 is 5.32 Å². The van der Waals surface area contributed by atoms with E-state index in [0.717, 1.165) is 0 Å². The lowest BCUT2D eigenvalue weighted by Crippen LogP contribution is -2.21. The molecule has 0 radical (unpaired) electrons. The first-order valence-corrected chi connectivity index (χ1v) is 3.51. The van der Waals surface area contributed by atoms with Gasteiger partial charge in [0.25, 0.3) is 0 Å². The third-order valence-corrected chi connectivity index (χ3v) is 0.709. The number of carbonyl (C=O) groups is 1. The highest BCUT2D eigenvalue weighted by Gasteiger charge is 1.89. The summed E-state index contributed by atoms with van der Waals surface area (Å²) >= 11 is 0. The zero-order valence-corrected chi connectivity index (χ0v) is 6.90. The summed E-state index contributed by atoms with van der Waals surface area (Å²) < 4.78 is 0. The Hall–Kier alpha value is -0.970. The van der Waals surface area contributed by atoms with E-state index >= 15 is 0 Å². The average Bonchev–Trinajstić information content (AvgIpc) is 2.04. The lowest BCUT2D eigenvalue weighted by atomic mass is 10.4. The summed E-state index contributed by atoms with van der Waals surface area (Å²) in [7, 11) is 0. The zero-order chi connectivity index (χ0) is 8.41. The average molecular weight is 143 g/mol. The Balaban J connectivity index is -0.000000196. The van der Waals surface area contributed by atoms with Crippen LogP contribution in [-0.4, -0.2) is 12.5 Å². The number of rotatable bonds is 2. The van der Waals surface area contributed by atoms with Gasteiger partial charge in [-0.1, -0.05) is 26.7 Å². The van der Waals surface area contributed by atoms with Crippen LogP contribution in [0.15, 0.2) is 0 Å². The first-order chi connectivity index (χ1) is 4.81. The van der Waals surface area contributed by atoms with Gasteiger partial charge in [-0.3, -0.25) is 4.79 Å². The van der Waals surface area contributed by atoms with Crippen LogP contribution in [-0.2, 0) is 4.79 Å². The monoisotopic (exact) mass is 143 g/mol. The molecule has 2 heteroatoms. The summed E-state index contributed by atoms with van der Waals surface area (Å²) in [6.07, 6.45) is 5.37. The summed E-state index contributed by atoms with van der Waals surface area (Å²) in [5.41, 5.74) is 0. The van der Waals surface area contributed by atoms with Crippen molar-refractivity contribution in [3.8, 4) is 12.3 Å². The Kier molecular flexibility index (Phi) is 12.9. The molecule has 1 amide bonds. The first-order valence-electron chi connectivity index (χ1n) is 3.51. The molecule has 0 saturated carbocycles. The van der Waals surface area contributed by atoms with Crippen LogP contribution in [0.5, 0.6) is 0 Å². The maximum absolute atomic E-state index is 10.4. The second-order valence-electron chi connectivity index (χ2n) is 1.33. The first kappa shape index (κ1) is 11.8. The molecule has 0 rings (SSSR count). The molecular weight excluding hydrogens is 126 g/mol. The molecular formula is C8H17NO. The van der Waals surface area contributed by atoms with Crippen LogP contribution >= 0.6 is 0 Å².